The van der Waals surface area contributed by atoms with E-state index in [0.29, 0.717) is 5.92 Å². The summed E-state index contributed by atoms with van der Waals surface area (Å²) < 4.78 is 0. The second kappa shape index (κ2) is 4.26. The zero-order chi connectivity index (χ0) is 11.7. The monoisotopic (exact) mass is 219 g/mol. The van der Waals surface area contributed by atoms with Gasteiger partial charge in [-0.15, -0.1) is 0 Å². The summed E-state index contributed by atoms with van der Waals surface area (Å²) in [6.45, 7) is 5.04. The number of benzene rings is 1. The standard InChI is InChI=1S/C13H17NO2/c1-8(2)9-3-4-11-10(7-9)5-6-14-12(11)13(15)16/h3-4,7-8,12,14H,5-6H2,1-2H3,(H,15,16). The van der Waals surface area contributed by atoms with Crippen LogP contribution in [0.15, 0.2) is 18.2 Å². The highest BCUT2D eigenvalue weighted by molar-refractivity contribution is 5.76. The van der Waals surface area contributed by atoms with Crippen molar-refractivity contribution in [3.05, 3.63) is 34.9 Å². The molecule has 3 nitrogen and oxygen atoms in total. The van der Waals surface area contributed by atoms with Gasteiger partial charge in [0.2, 0.25) is 0 Å². The number of carboxylic acids is 1. The highest BCUT2D eigenvalue weighted by atomic mass is 16.4. The molecule has 1 aliphatic rings. The summed E-state index contributed by atoms with van der Waals surface area (Å²) in [6.07, 6.45) is 0.916. The van der Waals surface area contributed by atoms with Crippen LogP contribution in [0.5, 0.6) is 0 Å². The average molecular weight is 219 g/mol. The number of fused-ring (bicyclic) bond motifs is 1. The van der Waals surface area contributed by atoms with Gasteiger partial charge in [-0.25, -0.2) is 0 Å². The maximum Gasteiger partial charge on any atom is 0.325 e. The Bertz CT molecular complexity index is 412. The van der Waals surface area contributed by atoms with Crippen LogP contribution in [0.1, 0.15) is 42.5 Å². The molecule has 1 atom stereocenters. The van der Waals surface area contributed by atoms with Crippen molar-refractivity contribution in [1.29, 1.82) is 0 Å². The van der Waals surface area contributed by atoms with E-state index in [1.165, 1.54) is 11.1 Å². The van der Waals surface area contributed by atoms with Crippen LogP contribution in [-0.4, -0.2) is 17.6 Å². The molecule has 16 heavy (non-hydrogen) atoms. The molecule has 0 aromatic heterocycles. The minimum Gasteiger partial charge on any atom is -0.480 e. The van der Waals surface area contributed by atoms with Gasteiger partial charge in [-0.2, -0.15) is 0 Å². The zero-order valence-electron chi connectivity index (χ0n) is 9.66. The molecule has 0 bridgehead atoms. The smallest absolute Gasteiger partial charge is 0.325 e. The van der Waals surface area contributed by atoms with Gasteiger partial charge in [-0.3, -0.25) is 4.79 Å². The lowest BCUT2D eigenvalue weighted by Crippen LogP contribution is -2.35. The molecule has 3 heteroatoms. The fourth-order valence-electron chi connectivity index (χ4n) is 2.16. The summed E-state index contributed by atoms with van der Waals surface area (Å²) in [4.78, 5) is 11.1. The Balaban J connectivity index is 2.40. The minimum atomic E-state index is -0.793. The molecule has 86 valence electrons. The number of carbonyl (C=O) groups is 1. The fraction of sp³-hybridized carbons (Fsp3) is 0.462. The van der Waals surface area contributed by atoms with Gasteiger partial charge in [-0.05, 0) is 29.0 Å². The van der Waals surface area contributed by atoms with Gasteiger partial charge in [0.05, 0.1) is 0 Å². The lowest BCUT2D eigenvalue weighted by molar-refractivity contribution is -0.139. The number of aliphatic carboxylic acids is 1. The van der Waals surface area contributed by atoms with E-state index in [4.69, 9.17) is 5.11 Å². The molecule has 1 aromatic rings. The molecule has 0 fully saturated rings. The molecular formula is C13H17NO2. The third kappa shape index (κ3) is 1.95. The number of hydrogen-bond acceptors (Lipinski definition) is 2. The highest BCUT2D eigenvalue weighted by Gasteiger charge is 2.25. The second-order valence-electron chi connectivity index (χ2n) is 4.59. The molecule has 1 aromatic carbocycles. The van der Waals surface area contributed by atoms with Crippen molar-refractivity contribution in [3.63, 3.8) is 0 Å². The molecule has 0 radical (unpaired) electrons. The summed E-state index contributed by atoms with van der Waals surface area (Å²) >= 11 is 0. The summed E-state index contributed by atoms with van der Waals surface area (Å²) in [7, 11) is 0. The molecule has 1 unspecified atom stereocenters. The molecule has 1 heterocycles. The molecule has 2 N–H and O–H groups in total. The first-order chi connectivity index (χ1) is 7.59. The third-order valence-corrected chi connectivity index (χ3v) is 3.13. The van der Waals surface area contributed by atoms with E-state index in [1.807, 2.05) is 12.1 Å². The van der Waals surface area contributed by atoms with Crippen molar-refractivity contribution in [2.45, 2.75) is 32.2 Å². The molecule has 0 saturated carbocycles. The molecule has 0 saturated heterocycles. The second-order valence-corrected chi connectivity index (χ2v) is 4.59. The van der Waals surface area contributed by atoms with E-state index >= 15 is 0 Å². The maximum absolute atomic E-state index is 11.1. The van der Waals surface area contributed by atoms with Crippen molar-refractivity contribution in [2.75, 3.05) is 6.54 Å². The van der Waals surface area contributed by atoms with E-state index < -0.39 is 12.0 Å². The van der Waals surface area contributed by atoms with E-state index in [9.17, 15) is 4.79 Å². The SMILES string of the molecule is CC(C)c1ccc2c(c1)CCNC2C(=O)O. The van der Waals surface area contributed by atoms with Crippen LogP contribution in [-0.2, 0) is 11.2 Å². The normalized spacial score (nSPS) is 19.6. The molecular weight excluding hydrogens is 202 g/mol. The average Bonchev–Trinajstić information content (AvgIpc) is 2.27. The summed E-state index contributed by atoms with van der Waals surface area (Å²) in [5, 5.41) is 12.1. The van der Waals surface area contributed by atoms with Crippen molar-refractivity contribution >= 4 is 5.97 Å². The van der Waals surface area contributed by atoms with Gasteiger partial charge in [0.1, 0.15) is 6.04 Å². The number of nitrogens with one attached hydrogen (secondary N) is 1. The Hall–Kier alpha value is -1.35. The van der Waals surface area contributed by atoms with E-state index in [-0.39, 0.29) is 0 Å². The third-order valence-electron chi connectivity index (χ3n) is 3.13. The van der Waals surface area contributed by atoms with Gasteiger partial charge < -0.3 is 10.4 Å². The first-order valence-electron chi connectivity index (χ1n) is 5.68. The zero-order valence-corrected chi connectivity index (χ0v) is 9.66. The summed E-state index contributed by atoms with van der Waals surface area (Å²) in [5.74, 6) is -0.304. The van der Waals surface area contributed by atoms with Crippen molar-refractivity contribution in [3.8, 4) is 0 Å². The lowest BCUT2D eigenvalue weighted by Gasteiger charge is -2.24. The number of carboxylic acid groups (broad SMARTS) is 1. The largest absolute Gasteiger partial charge is 0.480 e. The molecule has 2 rings (SSSR count). The molecule has 0 spiro atoms. The van der Waals surface area contributed by atoms with E-state index in [2.05, 4.69) is 25.2 Å². The van der Waals surface area contributed by atoms with Crippen LogP contribution in [0.4, 0.5) is 0 Å². The van der Waals surface area contributed by atoms with Crippen LogP contribution in [0.25, 0.3) is 0 Å². The van der Waals surface area contributed by atoms with Crippen molar-refractivity contribution in [2.24, 2.45) is 0 Å². The van der Waals surface area contributed by atoms with Gasteiger partial charge >= 0.3 is 5.97 Å². The predicted molar refractivity (Wildman–Crippen MR) is 62.6 cm³/mol. The number of hydrogen-bond donors (Lipinski definition) is 2. The van der Waals surface area contributed by atoms with Crippen LogP contribution in [0, 0.1) is 0 Å². The van der Waals surface area contributed by atoms with Gasteiger partial charge in [-0.1, -0.05) is 32.0 Å². The Kier molecular flexibility index (Phi) is 2.97. The topological polar surface area (TPSA) is 49.3 Å². The molecule has 0 aliphatic carbocycles. The van der Waals surface area contributed by atoms with Crippen molar-refractivity contribution in [1.82, 2.24) is 5.32 Å². The molecule has 1 aliphatic heterocycles. The van der Waals surface area contributed by atoms with Crippen LogP contribution in [0.2, 0.25) is 0 Å². The predicted octanol–water partition coefficient (Wildman–Crippen LogP) is 2.08. The van der Waals surface area contributed by atoms with Gasteiger partial charge in [0.25, 0.3) is 0 Å². The fourth-order valence-corrected chi connectivity index (χ4v) is 2.16. The lowest BCUT2D eigenvalue weighted by atomic mass is 9.90. The summed E-state index contributed by atoms with van der Waals surface area (Å²) in [6, 6.07) is 5.60. The highest BCUT2D eigenvalue weighted by Crippen LogP contribution is 2.26. The minimum absolute atomic E-state index is 0.489. The Morgan fingerprint density at radius 2 is 2.25 bits per heavy atom. The van der Waals surface area contributed by atoms with Gasteiger partial charge in [0.15, 0.2) is 0 Å². The Morgan fingerprint density at radius 1 is 1.50 bits per heavy atom. The molecule has 0 amide bonds. The van der Waals surface area contributed by atoms with Crippen LogP contribution < -0.4 is 5.32 Å². The number of rotatable bonds is 2. The summed E-state index contributed by atoms with van der Waals surface area (Å²) in [5.41, 5.74) is 3.38. The maximum atomic E-state index is 11.1. The van der Waals surface area contributed by atoms with Crippen molar-refractivity contribution < 1.29 is 9.90 Å². The van der Waals surface area contributed by atoms with E-state index in [0.717, 1.165) is 18.5 Å². The first-order valence-corrected chi connectivity index (χ1v) is 5.68. The Morgan fingerprint density at radius 3 is 2.88 bits per heavy atom. The van der Waals surface area contributed by atoms with E-state index in [1.54, 1.807) is 0 Å². The van der Waals surface area contributed by atoms with Gasteiger partial charge in [0, 0.05) is 6.54 Å². The quantitative estimate of drug-likeness (QED) is 0.800. The first kappa shape index (κ1) is 11.1. The van der Waals surface area contributed by atoms with Crippen LogP contribution in [0.3, 0.4) is 0 Å². The van der Waals surface area contributed by atoms with Crippen LogP contribution >= 0.6 is 0 Å². The Labute approximate surface area is 95.5 Å².